The summed E-state index contributed by atoms with van der Waals surface area (Å²) in [6, 6.07) is 15.0. The molecule has 4 rings (SSSR count). The van der Waals surface area contributed by atoms with E-state index in [1.54, 1.807) is 10.7 Å². The number of carbonyl (C=O) groups is 2. The Morgan fingerprint density at radius 3 is 2.48 bits per heavy atom. The highest BCUT2D eigenvalue weighted by Crippen LogP contribution is 2.31. The van der Waals surface area contributed by atoms with Crippen LogP contribution in [0, 0.1) is 20.8 Å². The number of aromatic nitrogens is 2. The van der Waals surface area contributed by atoms with Crippen LogP contribution < -0.4 is 10.6 Å². The minimum atomic E-state index is -0.296. The Kier molecular flexibility index (Phi) is 5.80. The molecule has 0 fully saturated rings. The van der Waals surface area contributed by atoms with Gasteiger partial charge in [0.25, 0.3) is 5.91 Å². The largest absolute Gasteiger partial charge is 0.342 e. The van der Waals surface area contributed by atoms with Gasteiger partial charge in [0.05, 0.1) is 22.8 Å². The topological polar surface area (TPSA) is 76.0 Å². The van der Waals surface area contributed by atoms with Crippen LogP contribution >= 0.6 is 22.9 Å². The van der Waals surface area contributed by atoms with Crippen LogP contribution in [0.5, 0.6) is 0 Å². The summed E-state index contributed by atoms with van der Waals surface area (Å²) in [6.07, 6.45) is 0. The molecular formula is C23H21ClN4O2S. The molecule has 0 unspecified atom stereocenters. The van der Waals surface area contributed by atoms with Crippen LogP contribution in [0.3, 0.4) is 0 Å². The molecule has 2 heterocycles. The summed E-state index contributed by atoms with van der Waals surface area (Å²) in [5.74, 6) is -0.567. The van der Waals surface area contributed by atoms with Gasteiger partial charge in [-0.1, -0.05) is 35.9 Å². The molecule has 0 atom stereocenters. The molecular weight excluding hydrogens is 432 g/mol. The number of benzene rings is 2. The fraction of sp³-hybridized carbons (Fsp3) is 0.174. The molecule has 2 amide bonds. The summed E-state index contributed by atoms with van der Waals surface area (Å²) in [6.45, 7) is 5.66. The van der Waals surface area contributed by atoms with Crippen molar-refractivity contribution in [3.63, 3.8) is 0 Å². The van der Waals surface area contributed by atoms with Gasteiger partial charge in [0, 0.05) is 16.1 Å². The van der Waals surface area contributed by atoms with Crippen molar-refractivity contribution in [2.75, 3.05) is 11.9 Å². The molecule has 31 heavy (non-hydrogen) atoms. The van der Waals surface area contributed by atoms with E-state index in [-0.39, 0.29) is 18.4 Å². The Labute approximate surface area is 188 Å². The predicted octanol–water partition coefficient (Wildman–Crippen LogP) is 5.03. The Morgan fingerprint density at radius 2 is 1.77 bits per heavy atom. The maximum atomic E-state index is 12.7. The first-order valence-corrected chi connectivity index (χ1v) is 10.9. The molecule has 0 spiro atoms. The van der Waals surface area contributed by atoms with E-state index in [9.17, 15) is 9.59 Å². The van der Waals surface area contributed by atoms with Gasteiger partial charge in [-0.15, -0.1) is 11.3 Å². The number of rotatable bonds is 5. The number of halogens is 1. The second kappa shape index (κ2) is 8.53. The number of anilines is 1. The van der Waals surface area contributed by atoms with E-state index >= 15 is 0 Å². The van der Waals surface area contributed by atoms with E-state index in [2.05, 4.69) is 15.7 Å². The molecule has 0 aliphatic heterocycles. The van der Waals surface area contributed by atoms with E-state index in [0.717, 1.165) is 38.4 Å². The Morgan fingerprint density at radius 1 is 1.06 bits per heavy atom. The molecule has 158 valence electrons. The number of thiophene rings is 1. The van der Waals surface area contributed by atoms with E-state index in [4.69, 9.17) is 11.6 Å². The highest BCUT2D eigenvalue weighted by molar-refractivity contribution is 7.20. The zero-order chi connectivity index (χ0) is 22.1. The maximum absolute atomic E-state index is 12.7. The van der Waals surface area contributed by atoms with Crippen LogP contribution in [-0.2, 0) is 4.79 Å². The average Bonchev–Trinajstić information content (AvgIpc) is 3.30. The number of para-hydroxylation sites is 1. The van der Waals surface area contributed by atoms with Crippen molar-refractivity contribution < 1.29 is 9.59 Å². The number of carbonyl (C=O) groups excluding carboxylic acids is 2. The molecule has 0 saturated carbocycles. The summed E-state index contributed by atoms with van der Waals surface area (Å²) in [5.41, 5.74) is 4.38. The van der Waals surface area contributed by atoms with Gasteiger partial charge in [-0.25, -0.2) is 4.68 Å². The smallest absolute Gasteiger partial charge is 0.261 e. The third kappa shape index (κ3) is 4.33. The summed E-state index contributed by atoms with van der Waals surface area (Å²) in [4.78, 5) is 26.4. The number of hydrogen-bond donors (Lipinski definition) is 2. The number of aryl methyl sites for hydroxylation is 3. The number of fused-ring (bicyclic) bond motifs is 1. The lowest BCUT2D eigenvalue weighted by Crippen LogP contribution is -2.32. The van der Waals surface area contributed by atoms with Crippen molar-refractivity contribution in [1.82, 2.24) is 15.1 Å². The van der Waals surface area contributed by atoms with Gasteiger partial charge in [0.1, 0.15) is 4.83 Å². The van der Waals surface area contributed by atoms with Gasteiger partial charge in [-0.2, -0.15) is 5.10 Å². The quantitative estimate of drug-likeness (QED) is 0.445. The van der Waals surface area contributed by atoms with Crippen molar-refractivity contribution in [1.29, 1.82) is 0 Å². The number of nitrogens with one attached hydrogen (secondary N) is 2. The van der Waals surface area contributed by atoms with E-state index in [1.807, 2.05) is 63.2 Å². The summed E-state index contributed by atoms with van der Waals surface area (Å²) in [7, 11) is 0. The maximum Gasteiger partial charge on any atom is 0.261 e. The lowest BCUT2D eigenvalue weighted by molar-refractivity contribution is -0.115. The first-order chi connectivity index (χ1) is 14.8. The highest BCUT2D eigenvalue weighted by atomic mass is 35.5. The normalized spacial score (nSPS) is 11.0. The molecule has 0 radical (unpaired) electrons. The molecule has 0 saturated heterocycles. The second-order valence-corrected chi connectivity index (χ2v) is 8.77. The van der Waals surface area contributed by atoms with Crippen LogP contribution in [0.1, 0.15) is 26.5 Å². The molecule has 0 aliphatic carbocycles. The molecule has 2 N–H and O–H groups in total. The molecule has 0 aliphatic rings. The zero-order valence-electron chi connectivity index (χ0n) is 17.3. The van der Waals surface area contributed by atoms with Gasteiger partial charge in [0.15, 0.2) is 0 Å². The van der Waals surface area contributed by atoms with Crippen LogP contribution in [0.15, 0.2) is 48.5 Å². The average molecular weight is 453 g/mol. The molecule has 6 nitrogen and oxygen atoms in total. The van der Waals surface area contributed by atoms with Crippen molar-refractivity contribution in [2.24, 2.45) is 0 Å². The third-order valence-corrected chi connectivity index (χ3v) is 6.32. The summed E-state index contributed by atoms with van der Waals surface area (Å²) >= 11 is 7.44. The molecule has 0 bridgehead atoms. The first-order valence-electron chi connectivity index (χ1n) is 9.73. The number of amides is 2. The Hall–Kier alpha value is -3.16. The number of nitrogens with zero attached hydrogens (tertiary/aromatic N) is 2. The minimum Gasteiger partial charge on any atom is -0.342 e. The third-order valence-electron chi connectivity index (χ3n) is 4.98. The van der Waals surface area contributed by atoms with Crippen molar-refractivity contribution in [2.45, 2.75) is 20.8 Å². The monoisotopic (exact) mass is 452 g/mol. The van der Waals surface area contributed by atoms with Crippen LogP contribution in [0.4, 0.5) is 5.69 Å². The summed E-state index contributed by atoms with van der Waals surface area (Å²) in [5, 5.41) is 11.7. The van der Waals surface area contributed by atoms with Crippen LogP contribution in [0.2, 0.25) is 5.02 Å². The van der Waals surface area contributed by atoms with Crippen LogP contribution in [-0.4, -0.2) is 28.1 Å². The van der Waals surface area contributed by atoms with Crippen molar-refractivity contribution in [3.8, 4) is 5.69 Å². The van der Waals surface area contributed by atoms with E-state index in [0.29, 0.717) is 9.90 Å². The SMILES string of the molecule is Cc1cccc(C)c1NC(=O)CNC(=O)c1cc2c(C)nn(-c3cccc(Cl)c3)c2s1. The lowest BCUT2D eigenvalue weighted by Gasteiger charge is -2.11. The van der Waals surface area contributed by atoms with Gasteiger partial charge >= 0.3 is 0 Å². The zero-order valence-corrected chi connectivity index (χ0v) is 18.9. The van der Waals surface area contributed by atoms with Gasteiger partial charge < -0.3 is 10.6 Å². The molecule has 8 heteroatoms. The van der Waals surface area contributed by atoms with E-state index in [1.165, 1.54) is 11.3 Å². The Balaban J connectivity index is 1.50. The van der Waals surface area contributed by atoms with Crippen molar-refractivity contribution >= 4 is 50.7 Å². The number of hydrogen-bond acceptors (Lipinski definition) is 4. The first kappa shape index (κ1) is 21.1. The minimum absolute atomic E-state index is 0.111. The van der Waals surface area contributed by atoms with Gasteiger partial charge in [0.2, 0.25) is 5.91 Å². The second-order valence-electron chi connectivity index (χ2n) is 7.30. The molecule has 2 aromatic heterocycles. The predicted molar refractivity (Wildman–Crippen MR) is 126 cm³/mol. The standard InChI is InChI=1S/C23H21ClN4O2S/c1-13-6-4-7-14(2)21(13)26-20(29)12-25-22(30)19-11-18-15(3)27-28(23(18)31-19)17-9-5-8-16(24)10-17/h4-11H,12H2,1-3H3,(H,25,30)(H,26,29). The fourth-order valence-corrected chi connectivity index (χ4v) is 4.67. The highest BCUT2D eigenvalue weighted by Gasteiger charge is 2.18. The van der Waals surface area contributed by atoms with E-state index < -0.39 is 0 Å². The van der Waals surface area contributed by atoms with Gasteiger partial charge in [-0.3, -0.25) is 9.59 Å². The molecule has 4 aromatic rings. The summed E-state index contributed by atoms with van der Waals surface area (Å²) < 4.78 is 1.78. The van der Waals surface area contributed by atoms with Crippen molar-refractivity contribution in [3.05, 3.63) is 75.3 Å². The van der Waals surface area contributed by atoms with Crippen LogP contribution in [0.25, 0.3) is 15.9 Å². The molecule has 2 aromatic carbocycles. The van der Waals surface area contributed by atoms with Gasteiger partial charge in [-0.05, 0) is 56.2 Å². The lowest BCUT2D eigenvalue weighted by atomic mass is 10.1. The Bertz CT molecular complexity index is 1290. The fourth-order valence-electron chi connectivity index (χ4n) is 3.38.